The number of nitrogens with zero attached hydrogens (tertiary/aromatic N) is 1. The fraction of sp³-hybridized carbons (Fsp3) is 0.316. The van der Waals surface area contributed by atoms with Gasteiger partial charge in [0.2, 0.25) is 0 Å². The highest BCUT2D eigenvalue weighted by Gasteiger charge is 2.16. The van der Waals surface area contributed by atoms with E-state index in [1.807, 2.05) is 49.3 Å². The number of amides is 1. The Hall–Kier alpha value is -2.40. The first-order valence-electron chi connectivity index (χ1n) is 8.18. The summed E-state index contributed by atoms with van der Waals surface area (Å²) in [5, 5.41) is 3.41. The summed E-state index contributed by atoms with van der Waals surface area (Å²) in [6, 6.07) is 11.1. The van der Waals surface area contributed by atoms with Crippen molar-refractivity contribution in [3.63, 3.8) is 0 Å². The molecule has 1 N–H and O–H groups in total. The molecule has 1 amide bonds. The Bertz CT molecular complexity index is 760. The van der Waals surface area contributed by atoms with Gasteiger partial charge in [-0.25, -0.2) is 0 Å². The lowest BCUT2D eigenvalue weighted by molar-refractivity contribution is 0.0951. The van der Waals surface area contributed by atoms with Crippen molar-refractivity contribution in [3.05, 3.63) is 52.5 Å². The highest BCUT2D eigenvalue weighted by atomic mass is 35.5. The third-order valence-electron chi connectivity index (χ3n) is 3.96. The third kappa shape index (κ3) is 4.17. The van der Waals surface area contributed by atoms with Crippen LogP contribution in [-0.4, -0.2) is 33.2 Å². The number of rotatable bonds is 4. The lowest BCUT2D eigenvalue weighted by Gasteiger charge is -2.13. The van der Waals surface area contributed by atoms with Crippen molar-refractivity contribution in [2.75, 3.05) is 32.2 Å². The molecular weight excluding hydrogens is 340 g/mol. The zero-order valence-corrected chi connectivity index (χ0v) is 15.1. The Kier molecular flexibility index (Phi) is 5.34. The smallest absolute Gasteiger partial charge is 0.251 e. The third-order valence-corrected chi connectivity index (χ3v) is 4.24. The van der Waals surface area contributed by atoms with Crippen LogP contribution in [0.4, 0.5) is 5.69 Å². The van der Waals surface area contributed by atoms with Crippen molar-refractivity contribution >= 4 is 23.2 Å². The molecule has 0 saturated carbocycles. The Labute approximate surface area is 152 Å². The lowest BCUT2D eigenvalue weighted by Crippen LogP contribution is -2.23. The standard InChI is InChI=1S/C19H21ClN2O3/c1-22(2)15-6-4-14(5-7-15)19(23)21-12-13-10-16(20)18-17(11-13)24-8-3-9-25-18/h4-7,10-11H,3,8-9,12H2,1-2H3,(H,21,23). The molecule has 1 heterocycles. The molecule has 0 atom stereocenters. The van der Waals surface area contributed by atoms with E-state index in [9.17, 15) is 4.79 Å². The number of hydrogen-bond donors (Lipinski definition) is 1. The summed E-state index contributed by atoms with van der Waals surface area (Å²) in [5.74, 6) is 1.08. The molecule has 0 spiro atoms. The summed E-state index contributed by atoms with van der Waals surface area (Å²) < 4.78 is 11.3. The fourth-order valence-corrected chi connectivity index (χ4v) is 2.87. The second-order valence-corrected chi connectivity index (χ2v) is 6.49. The Morgan fingerprint density at radius 3 is 2.60 bits per heavy atom. The van der Waals surface area contributed by atoms with Gasteiger partial charge in [-0.15, -0.1) is 0 Å². The number of hydrogen-bond acceptors (Lipinski definition) is 4. The molecule has 0 aromatic heterocycles. The second-order valence-electron chi connectivity index (χ2n) is 6.08. The Balaban J connectivity index is 1.67. The van der Waals surface area contributed by atoms with Crippen LogP contribution in [0.15, 0.2) is 36.4 Å². The van der Waals surface area contributed by atoms with Crippen molar-refractivity contribution in [1.29, 1.82) is 0 Å². The molecule has 0 fully saturated rings. The lowest BCUT2D eigenvalue weighted by atomic mass is 10.1. The number of nitrogens with one attached hydrogen (secondary N) is 1. The van der Waals surface area contributed by atoms with E-state index in [0.29, 0.717) is 41.8 Å². The van der Waals surface area contributed by atoms with Crippen LogP contribution in [-0.2, 0) is 6.54 Å². The van der Waals surface area contributed by atoms with Crippen LogP contribution in [0.5, 0.6) is 11.5 Å². The molecular formula is C19H21ClN2O3. The number of carbonyl (C=O) groups excluding carboxylic acids is 1. The van der Waals surface area contributed by atoms with Crippen molar-refractivity contribution in [1.82, 2.24) is 5.32 Å². The molecule has 1 aliphatic rings. The van der Waals surface area contributed by atoms with Crippen molar-refractivity contribution < 1.29 is 14.3 Å². The zero-order valence-electron chi connectivity index (χ0n) is 14.3. The summed E-state index contributed by atoms with van der Waals surface area (Å²) in [7, 11) is 3.92. The highest BCUT2D eigenvalue weighted by Crippen LogP contribution is 2.37. The number of carbonyl (C=O) groups is 1. The molecule has 132 valence electrons. The van der Waals surface area contributed by atoms with E-state index in [1.54, 1.807) is 6.07 Å². The first-order valence-corrected chi connectivity index (χ1v) is 8.56. The summed E-state index contributed by atoms with van der Waals surface area (Å²) in [5.41, 5.74) is 2.53. The SMILES string of the molecule is CN(C)c1ccc(C(=O)NCc2cc(Cl)c3c(c2)OCCCO3)cc1. The number of anilines is 1. The average Bonchev–Trinajstić information content (AvgIpc) is 2.85. The van der Waals surface area contributed by atoms with Gasteiger partial charge in [-0.1, -0.05) is 11.6 Å². The number of fused-ring (bicyclic) bond motifs is 1. The fourth-order valence-electron chi connectivity index (χ4n) is 2.58. The van der Waals surface area contributed by atoms with Crippen LogP contribution in [0, 0.1) is 0 Å². The van der Waals surface area contributed by atoms with Gasteiger partial charge < -0.3 is 19.7 Å². The molecule has 0 bridgehead atoms. The van der Waals surface area contributed by atoms with Gasteiger partial charge in [0, 0.05) is 38.3 Å². The molecule has 2 aromatic carbocycles. The van der Waals surface area contributed by atoms with Crippen LogP contribution < -0.4 is 19.7 Å². The van der Waals surface area contributed by atoms with E-state index in [2.05, 4.69) is 5.32 Å². The summed E-state index contributed by atoms with van der Waals surface area (Å²) >= 11 is 6.28. The van der Waals surface area contributed by atoms with Crippen molar-refractivity contribution in [2.45, 2.75) is 13.0 Å². The maximum atomic E-state index is 12.3. The van der Waals surface area contributed by atoms with Gasteiger partial charge in [0.05, 0.1) is 18.2 Å². The van der Waals surface area contributed by atoms with Crippen LogP contribution >= 0.6 is 11.6 Å². The maximum absolute atomic E-state index is 12.3. The largest absolute Gasteiger partial charge is 0.489 e. The molecule has 0 unspecified atom stereocenters. The molecule has 5 nitrogen and oxygen atoms in total. The monoisotopic (exact) mass is 360 g/mol. The van der Waals surface area contributed by atoms with Gasteiger partial charge in [0.25, 0.3) is 5.91 Å². The van der Waals surface area contributed by atoms with Gasteiger partial charge >= 0.3 is 0 Å². The van der Waals surface area contributed by atoms with E-state index in [1.165, 1.54) is 0 Å². The predicted molar refractivity (Wildman–Crippen MR) is 99.0 cm³/mol. The quantitative estimate of drug-likeness (QED) is 0.906. The first-order chi connectivity index (χ1) is 12.0. The maximum Gasteiger partial charge on any atom is 0.251 e. The molecule has 1 aliphatic heterocycles. The number of halogens is 1. The minimum absolute atomic E-state index is 0.131. The zero-order chi connectivity index (χ0) is 17.8. The van der Waals surface area contributed by atoms with E-state index in [0.717, 1.165) is 17.7 Å². The Morgan fingerprint density at radius 1 is 1.16 bits per heavy atom. The minimum Gasteiger partial charge on any atom is -0.489 e. The van der Waals surface area contributed by atoms with Crippen molar-refractivity contribution in [3.8, 4) is 11.5 Å². The molecule has 6 heteroatoms. The number of ether oxygens (including phenoxy) is 2. The van der Waals surface area contributed by atoms with Crippen LogP contribution in [0.3, 0.4) is 0 Å². The number of benzene rings is 2. The molecule has 0 saturated heterocycles. The molecule has 25 heavy (non-hydrogen) atoms. The van der Waals surface area contributed by atoms with Gasteiger partial charge in [-0.2, -0.15) is 0 Å². The predicted octanol–water partition coefficient (Wildman–Crippen LogP) is 3.50. The van der Waals surface area contributed by atoms with Gasteiger partial charge in [-0.05, 0) is 42.0 Å². The second kappa shape index (κ2) is 7.66. The van der Waals surface area contributed by atoms with Gasteiger partial charge in [-0.3, -0.25) is 4.79 Å². The van der Waals surface area contributed by atoms with E-state index < -0.39 is 0 Å². The van der Waals surface area contributed by atoms with Crippen LogP contribution in [0.2, 0.25) is 5.02 Å². The van der Waals surface area contributed by atoms with Crippen LogP contribution in [0.1, 0.15) is 22.3 Å². The van der Waals surface area contributed by atoms with Crippen LogP contribution in [0.25, 0.3) is 0 Å². The van der Waals surface area contributed by atoms with Gasteiger partial charge in [0.15, 0.2) is 11.5 Å². The minimum atomic E-state index is -0.131. The molecule has 0 aliphatic carbocycles. The molecule has 3 rings (SSSR count). The topological polar surface area (TPSA) is 50.8 Å². The van der Waals surface area contributed by atoms with Crippen molar-refractivity contribution in [2.24, 2.45) is 0 Å². The van der Waals surface area contributed by atoms with E-state index in [-0.39, 0.29) is 5.91 Å². The molecule has 2 aromatic rings. The average molecular weight is 361 g/mol. The van der Waals surface area contributed by atoms with E-state index >= 15 is 0 Å². The summed E-state index contributed by atoms with van der Waals surface area (Å²) in [6.07, 6.45) is 0.819. The van der Waals surface area contributed by atoms with E-state index in [4.69, 9.17) is 21.1 Å². The summed E-state index contributed by atoms with van der Waals surface area (Å²) in [6.45, 7) is 1.55. The van der Waals surface area contributed by atoms with Gasteiger partial charge in [0.1, 0.15) is 0 Å². The molecule has 0 radical (unpaired) electrons. The first kappa shape index (κ1) is 17.4. The normalized spacial score (nSPS) is 13.1. The Morgan fingerprint density at radius 2 is 1.88 bits per heavy atom. The highest BCUT2D eigenvalue weighted by molar-refractivity contribution is 6.32. The summed E-state index contributed by atoms with van der Waals surface area (Å²) in [4.78, 5) is 14.3.